The van der Waals surface area contributed by atoms with Gasteiger partial charge < -0.3 is 15.7 Å². The third-order valence-electron chi connectivity index (χ3n) is 9.91. The van der Waals surface area contributed by atoms with Crippen molar-refractivity contribution in [2.75, 3.05) is 0 Å². The molecule has 0 spiro atoms. The van der Waals surface area contributed by atoms with Crippen molar-refractivity contribution >= 4 is 48.7 Å². The Kier molecular flexibility index (Phi) is 9.02. The van der Waals surface area contributed by atoms with Gasteiger partial charge in [-0.25, -0.2) is 16.8 Å². The average molecular weight is 734 g/mol. The number of aromatic nitrogens is 4. The number of hydrogen-bond acceptors (Lipinski definition) is 10. The molecule has 2 aromatic heterocycles. The predicted molar refractivity (Wildman–Crippen MR) is 178 cm³/mol. The van der Waals surface area contributed by atoms with Crippen LogP contribution in [0.1, 0.15) is 84.0 Å². The molecule has 7 unspecified atom stereocenters. The Bertz CT molecular complexity index is 2020. The van der Waals surface area contributed by atoms with Crippen LogP contribution in [0.25, 0.3) is 0 Å². The molecule has 8 rings (SSSR count). The van der Waals surface area contributed by atoms with Crippen molar-refractivity contribution in [3.63, 3.8) is 0 Å². The molecule has 4 aliphatic rings. The third kappa shape index (κ3) is 6.12. The smallest absolute Gasteiger partial charge is 0.197 e. The lowest BCUT2D eigenvalue weighted by Crippen LogP contribution is -2.44. The second-order valence-corrected chi connectivity index (χ2v) is 18.0. The van der Waals surface area contributed by atoms with Gasteiger partial charge in [-0.1, -0.05) is 23.2 Å². The Balaban J connectivity index is 0.000000152. The summed E-state index contributed by atoms with van der Waals surface area (Å²) in [5.41, 5.74) is 2.98. The predicted octanol–water partition coefficient (Wildman–Crippen LogP) is 4.42. The molecule has 254 valence electrons. The van der Waals surface area contributed by atoms with Gasteiger partial charge in [-0.15, -0.1) is 0 Å². The zero-order valence-electron chi connectivity index (χ0n) is 25.5. The van der Waals surface area contributed by atoms with Gasteiger partial charge >= 0.3 is 0 Å². The van der Waals surface area contributed by atoms with E-state index in [1.165, 1.54) is 12.1 Å². The molecule has 2 fully saturated rings. The molecule has 0 saturated carbocycles. The zero-order chi connectivity index (χ0) is 33.8. The van der Waals surface area contributed by atoms with Crippen molar-refractivity contribution in [3.8, 4) is 0 Å². The minimum Gasteiger partial charge on any atom is -0.385 e. The van der Waals surface area contributed by atoms with E-state index in [0.29, 0.717) is 53.5 Å². The van der Waals surface area contributed by atoms with Crippen LogP contribution in [0.4, 0.5) is 0 Å². The van der Waals surface area contributed by atoms with E-state index in [0.717, 1.165) is 11.1 Å². The summed E-state index contributed by atoms with van der Waals surface area (Å²) in [7, 11) is -6.98. The molecule has 2 saturated heterocycles. The number of aliphatic hydroxyl groups excluding tert-OH is 1. The van der Waals surface area contributed by atoms with Gasteiger partial charge in [0.25, 0.3) is 0 Å². The lowest BCUT2D eigenvalue weighted by Gasteiger charge is -2.32. The largest absolute Gasteiger partial charge is 0.385 e. The van der Waals surface area contributed by atoms with Gasteiger partial charge in [-0.2, -0.15) is 10.2 Å². The molecule has 4 aliphatic heterocycles. The maximum Gasteiger partial charge on any atom is 0.197 e. The molecule has 7 atom stereocenters. The lowest BCUT2D eigenvalue weighted by molar-refractivity contribution is 0.0914. The van der Waals surface area contributed by atoms with E-state index in [2.05, 4.69) is 31.0 Å². The van der Waals surface area contributed by atoms with Crippen LogP contribution in [0.5, 0.6) is 0 Å². The first-order valence-corrected chi connectivity index (χ1v) is 19.6. The molecule has 0 amide bonds. The van der Waals surface area contributed by atoms with Crippen molar-refractivity contribution in [1.82, 2.24) is 31.0 Å². The number of sulfone groups is 2. The molecule has 4 aromatic rings. The van der Waals surface area contributed by atoms with E-state index in [1.54, 1.807) is 48.8 Å². The maximum absolute atomic E-state index is 13.0. The molecule has 12 nitrogen and oxygen atoms in total. The summed E-state index contributed by atoms with van der Waals surface area (Å²) in [5.74, 6) is -0.114. The average Bonchev–Trinajstić information content (AvgIpc) is 3.67. The second kappa shape index (κ2) is 13.0. The molecule has 2 aromatic carbocycles. The monoisotopic (exact) mass is 732 g/mol. The highest BCUT2D eigenvalue weighted by atomic mass is 35.5. The fourth-order valence-electron chi connectivity index (χ4n) is 7.33. The number of carbonyl (C=O) groups excluding carboxylic acids is 1. The summed E-state index contributed by atoms with van der Waals surface area (Å²) in [6, 6.07) is 11.6. The summed E-state index contributed by atoms with van der Waals surface area (Å²) in [6.45, 7) is 0. The number of ketones is 1. The summed E-state index contributed by atoms with van der Waals surface area (Å²) in [6.07, 6.45) is 5.57. The SMILES string of the molecule is O=C1c2[nH]ncc2C2CCC(S(=O)(=O)c3ccc(Cl)cc3)CC1N2.O=S(=O)(c1ccc(Cl)cc1)C1CCC2NC(C1)C(O)c1[nH]ncc12. The summed E-state index contributed by atoms with van der Waals surface area (Å²) < 4.78 is 51.9. The van der Waals surface area contributed by atoms with Crippen molar-refractivity contribution in [2.45, 2.75) is 89.1 Å². The van der Waals surface area contributed by atoms with Gasteiger partial charge in [-0.05, 0) is 87.1 Å². The topological polar surface area (TPSA) is 187 Å². The second-order valence-electron chi connectivity index (χ2n) is 12.7. The van der Waals surface area contributed by atoms with Crippen molar-refractivity contribution < 1.29 is 26.7 Å². The van der Waals surface area contributed by atoms with Crippen LogP contribution >= 0.6 is 23.2 Å². The van der Waals surface area contributed by atoms with Crippen LogP contribution in [0.2, 0.25) is 10.0 Å². The first kappa shape index (κ1) is 33.4. The zero-order valence-corrected chi connectivity index (χ0v) is 28.7. The minimum atomic E-state index is -3.51. The highest BCUT2D eigenvalue weighted by Gasteiger charge is 2.43. The van der Waals surface area contributed by atoms with Crippen LogP contribution < -0.4 is 10.6 Å². The quantitative estimate of drug-likeness (QED) is 0.201. The van der Waals surface area contributed by atoms with Gasteiger partial charge in [0, 0.05) is 39.3 Å². The van der Waals surface area contributed by atoms with Crippen LogP contribution in [0, 0.1) is 0 Å². The minimum absolute atomic E-state index is 0.0255. The standard InChI is InChI=1S/C16H18ClN3O3S.C16H16ClN3O3S/c2*17-9-1-3-10(4-2-9)24(22,23)11-5-6-13-12-8-18-20-15(12)16(21)14(7-11)19-13/h1-4,8,11,13-14,16,19,21H,5-7H2,(H,18,20);1-4,8,11,13-14,19H,5-7H2,(H,18,20). The van der Waals surface area contributed by atoms with Crippen molar-refractivity contribution in [2.24, 2.45) is 0 Å². The molecule has 6 heterocycles. The van der Waals surface area contributed by atoms with E-state index in [9.17, 15) is 26.7 Å². The van der Waals surface area contributed by atoms with E-state index in [-0.39, 0.29) is 40.1 Å². The summed E-state index contributed by atoms with van der Waals surface area (Å²) in [4.78, 5) is 13.1. The fourth-order valence-corrected chi connectivity index (χ4v) is 11.2. The Labute approximate surface area is 287 Å². The van der Waals surface area contributed by atoms with Crippen LogP contribution in [0.3, 0.4) is 0 Å². The number of rotatable bonds is 4. The number of H-pyrrole nitrogens is 2. The van der Waals surface area contributed by atoms with E-state index >= 15 is 0 Å². The van der Waals surface area contributed by atoms with Gasteiger partial charge in [0.2, 0.25) is 0 Å². The number of carbonyl (C=O) groups is 1. The Morgan fingerprint density at radius 1 is 0.667 bits per heavy atom. The molecular formula is C32H34Cl2N6O6S2. The van der Waals surface area contributed by atoms with Gasteiger partial charge in [0.05, 0.1) is 44.4 Å². The number of aromatic amines is 2. The van der Waals surface area contributed by atoms with Gasteiger partial charge in [-0.3, -0.25) is 15.0 Å². The number of Topliss-reactive ketones (excluding diaryl/α,β-unsaturated/α-hetero) is 1. The Morgan fingerprint density at radius 3 is 1.79 bits per heavy atom. The molecular weight excluding hydrogens is 699 g/mol. The van der Waals surface area contributed by atoms with E-state index < -0.39 is 42.3 Å². The normalized spacial score (nSPS) is 28.2. The highest BCUT2D eigenvalue weighted by molar-refractivity contribution is 7.92. The van der Waals surface area contributed by atoms with Gasteiger partial charge in [0.1, 0.15) is 11.8 Å². The molecule has 48 heavy (non-hydrogen) atoms. The van der Waals surface area contributed by atoms with Crippen LogP contribution in [0.15, 0.2) is 70.7 Å². The van der Waals surface area contributed by atoms with Crippen molar-refractivity contribution in [1.29, 1.82) is 0 Å². The van der Waals surface area contributed by atoms with E-state index in [4.69, 9.17) is 23.2 Å². The fraction of sp³-hybridized carbons (Fsp3) is 0.406. The van der Waals surface area contributed by atoms with Gasteiger partial charge in [0.15, 0.2) is 25.5 Å². The van der Waals surface area contributed by atoms with Crippen LogP contribution in [-0.4, -0.2) is 70.7 Å². The number of nitrogens with one attached hydrogen (secondary N) is 4. The summed E-state index contributed by atoms with van der Waals surface area (Å²) >= 11 is 11.7. The molecule has 0 aliphatic carbocycles. The Hall–Kier alpha value is -3.11. The Morgan fingerprint density at radius 2 is 1.19 bits per heavy atom. The number of fused-ring (bicyclic) bond motifs is 8. The molecule has 16 heteroatoms. The van der Waals surface area contributed by atoms with Crippen LogP contribution in [-0.2, 0) is 19.7 Å². The van der Waals surface area contributed by atoms with Crippen molar-refractivity contribution in [3.05, 3.63) is 93.5 Å². The number of halogens is 2. The third-order valence-corrected chi connectivity index (χ3v) is 14.9. The first-order chi connectivity index (χ1) is 22.9. The number of aliphatic hydroxyl groups is 1. The molecule has 5 N–H and O–H groups in total. The number of nitrogens with zero attached hydrogens (tertiary/aromatic N) is 2. The maximum atomic E-state index is 13.0. The number of benzene rings is 2. The summed E-state index contributed by atoms with van der Waals surface area (Å²) in [5, 5.41) is 30.6. The highest BCUT2D eigenvalue weighted by Crippen LogP contribution is 2.40. The molecule has 4 bridgehead atoms. The first-order valence-electron chi connectivity index (χ1n) is 15.7. The lowest BCUT2D eigenvalue weighted by atomic mass is 9.93. The number of hydrogen-bond donors (Lipinski definition) is 5. The van der Waals surface area contributed by atoms with E-state index in [1.807, 2.05) is 0 Å². The molecule has 0 radical (unpaired) electrons.